The molecule has 0 rings (SSSR count). The molecular formula is C44H78O10P+. The van der Waals surface area contributed by atoms with Gasteiger partial charge in [0.15, 0.2) is 6.10 Å². The van der Waals surface area contributed by atoms with Crippen molar-refractivity contribution in [2.24, 2.45) is 0 Å². The summed E-state index contributed by atoms with van der Waals surface area (Å²) >= 11 is 0. The number of unbranched alkanes of at least 4 members (excludes halogenated alkanes) is 18. The molecule has 1 unspecified atom stereocenters. The molecule has 0 aliphatic carbocycles. The zero-order valence-corrected chi connectivity index (χ0v) is 35.4. The number of ether oxygens (including phenoxy) is 3. The molecule has 0 aromatic carbocycles. The van der Waals surface area contributed by atoms with E-state index in [2.05, 4.69) is 50.3 Å². The van der Waals surface area contributed by atoms with Crippen LogP contribution in [-0.4, -0.2) is 69.3 Å². The first kappa shape index (κ1) is 52.8. The van der Waals surface area contributed by atoms with Crippen molar-refractivity contribution < 1.29 is 48.4 Å². The van der Waals surface area contributed by atoms with Crippen molar-refractivity contribution >= 4 is 25.7 Å². The first-order valence-corrected chi connectivity index (χ1v) is 23.1. The Morgan fingerprint density at radius 1 is 0.527 bits per heavy atom. The number of Topliss-reactive ketones (excluding diaryl/α,β-unsaturated/α-hetero) is 1. The van der Waals surface area contributed by atoms with Gasteiger partial charge in [-0.3, -0.25) is 14.4 Å². The molecule has 318 valence electrons. The van der Waals surface area contributed by atoms with Crippen LogP contribution in [0.3, 0.4) is 0 Å². The highest BCUT2D eigenvalue weighted by Crippen LogP contribution is 2.51. The fraction of sp³-hybridized carbons (Fsp3) is 0.750. The molecule has 0 aliphatic heterocycles. The van der Waals surface area contributed by atoms with Gasteiger partial charge >= 0.3 is 25.7 Å². The summed E-state index contributed by atoms with van der Waals surface area (Å²) in [5.74, 6) is -4.29. The second-order valence-electron chi connectivity index (χ2n) is 14.4. The van der Waals surface area contributed by atoms with Gasteiger partial charge in [0.2, 0.25) is 5.78 Å². The average Bonchev–Trinajstić information content (AvgIpc) is 3.15. The molecule has 0 saturated carbocycles. The lowest BCUT2D eigenvalue weighted by Crippen LogP contribution is -2.36. The van der Waals surface area contributed by atoms with Crippen molar-refractivity contribution in [2.45, 2.75) is 193 Å². The number of aliphatic hydroxyl groups excluding tert-OH is 1. The van der Waals surface area contributed by atoms with E-state index in [1.54, 1.807) is 0 Å². The number of hydrogen-bond donors (Lipinski definition) is 4. The zero-order chi connectivity index (χ0) is 40.7. The van der Waals surface area contributed by atoms with Gasteiger partial charge in [-0.25, -0.2) is 0 Å². The molecule has 0 amide bonds. The molecule has 0 aromatic heterocycles. The van der Waals surface area contributed by atoms with Crippen LogP contribution in [0.5, 0.6) is 0 Å². The van der Waals surface area contributed by atoms with Gasteiger partial charge in [-0.15, -0.1) is 0 Å². The van der Waals surface area contributed by atoms with Crippen LogP contribution in [-0.2, 0) is 28.6 Å². The Labute approximate surface area is 334 Å². The number of allylic oxidation sites excluding steroid dienone is 8. The third-order valence-corrected chi connectivity index (χ3v) is 10.2. The van der Waals surface area contributed by atoms with Gasteiger partial charge in [0.05, 0.1) is 6.61 Å². The molecule has 0 saturated heterocycles. The summed E-state index contributed by atoms with van der Waals surface area (Å²) in [4.78, 5) is 65.9. The largest absolute Gasteiger partial charge is 0.462 e. The number of ketones is 1. The van der Waals surface area contributed by atoms with Crippen molar-refractivity contribution in [3.8, 4) is 0 Å². The zero-order valence-electron chi connectivity index (χ0n) is 34.5. The quantitative estimate of drug-likeness (QED) is 0.0204. The van der Waals surface area contributed by atoms with E-state index in [4.69, 9.17) is 19.3 Å². The molecule has 0 spiro atoms. The number of esters is 2. The fourth-order valence-corrected chi connectivity index (χ4v) is 6.60. The first-order chi connectivity index (χ1) is 26.6. The van der Waals surface area contributed by atoms with Crippen LogP contribution in [0.15, 0.2) is 48.6 Å². The van der Waals surface area contributed by atoms with E-state index in [0.717, 1.165) is 44.9 Å². The number of hydrogen-bond acceptors (Lipinski definition) is 10. The summed E-state index contributed by atoms with van der Waals surface area (Å²) in [6, 6.07) is 0. The molecule has 55 heavy (non-hydrogen) atoms. The Morgan fingerprint density at radius 2 is 0.945 bits per heavy atom. The summed E-state index contributed by atoms with van der Waals surface area (Å²) < 4.78 is 16.0. The Balaban J connectivity index is 4.46. The molecule has 0 fully saturated rings. The minimum absolute atomic E-state index is 0.0809. The summed E-state index contributed by atoms with van der Waals surface area (Å²) in [5.41, 5.74) is 0. The van der Waals surface area contributed by atoms with Gasteiger partial charge in [-0.1, -0.05) is 165 Å². The summed E-state index contributed by atoms with van der Waals surface area (Å²) in [7, 11) is -4.81. The molecule has 0 aromatic rings. The SMILES string of the molecule is CCCCCC=CCC=CCC=CCC=CCCCC(=O)O[C@H](COC(=O)CCCCCCCCCCCCCCCCC)COC(C(=O)CO)[P+](O)(O)O. The van der Waals surface area contributed by atoms with Crippen molar-refractivity contribution in [3.63, 3.8) is 0 Å². The predicted molar refractivity (Wildman–Crippen MR) is 224 cm³/mol. The predicted octanol–water partition coefficient (Wildman–Crippen LogP) is 10.5. The maximum Gasteiger partial charge on any atom is 0.443 e. The van der Waals surface area contributed by atoms with Gasteiger partial charge in [0.25, 0.3) is 0 Å². The van der Waals surface area contributed by atoms with Gasteiger partial charge in [0.1, 0.15) is 13.2 Å². The third-order valence-electron chi connectivity index (χ3n) is 9.11. The highest BCUT2D eigenvalue weighted by Gasteiger charge is 2.49. The maximum atomic E-state index is 12.6. The van der Waals surface area contributed by atoms with Gasteiger partial charge in [0, 0.05) is 12.8 Å². The van der Waals surface area contributed by atoms with Crippen LogP contribution in [0.4, 0.5) is 0 Å². The van der Waals surface area contributed by atoms with Crippen LogP contribution in [0, 0.1) is 0 Å². The molecule has 4 N–H and O–H groups in total. The molecule has 10 nitrogen and oxygen atoms in total. The van der Waals surface area contributed by atoms with E-state index in [-0.39, 0.29) is 19.4 Å². The minimum atomic E-state index is -4.81. The lowest BCUT2D eigenvalue weighted by Gasteiger charge is -2.21. The lowest BCUT2D eigenvalue weighted by atomic mass is 10.0. The minimum Gasteiger partial charge on any atom is -0.462 e. The highest BCUT2D eigenvalue weighted by atomic mass is 31.2. The van der Waals surface area contributed by atoms with Gasteiger partial charge < -0.3 is 19.3 Å². The molecule has 11 heteroatoms. The van der Waals surface area contributed by atoms with E-state index in [0.29, 0.717) is 19.3 Å². The van der Waals surface area contributed by atoms with Crippen molar-refractivity contribution in [1.82, 2.24) is 0 Å². The topological polar surface area (TPSA) is 160 Å². The van der Waals surface area contributed by atoms with Crippen LogP contribution in [0.1, 0.15) is 181 Å². The Morgan fingerprint density at radius 3 is 1.42 bits per heavy atom. The van der Waals surface area contributed by atoms with E-state index in [9.17, 15) is 29.1 Å². The number of carbonyl (C=O) groups is 3. The summed E-state index contributed by atoms with van der Waals surface area (Å²) in [5, 5.41) is 9.15. The molecule has 2 atom stereocenters. The first-order valence-electron chi connectivity index (χ1n) is 21.4. The summed E-state index contributed by atoms with van der Waals surface area (Å²) in [6.45, 7) is 2.44. The molecule has 0 heterocycles. The smallest absolute Gasteiger partial charge is 0.443 e. The summed E-state index contributed by atoms with van der Waals surface area (Å²) in [6.07, 6.45) is 43.2. The Bertz CT molecular complexity index is 1050. The third kappa shape index (κ3) is 35.9. The van der Waals surface area contributed by atoms with Gasteiger partial charge in [-0.05, 0) is 51.4 Å². The molecule has 0 radical (unpaired) electrons. The maximum absolute atomic E-state index is 12.6. The van der Waals surface area contributed by atoms with E-state index in [1.165, 1.54) is 89.9 Å². The Kier molecular flexibility index (Phi) is 37.1. The Hall–Kier alpha value is -2.20. The second-order valence-corrected chi connectivity index (χ2v) is 16.1. The second kappa shape index (κ2) is 38.7. The van der Waals surface area contributed by atoms with Crippen molar-refractivity contribution in [1.29, 1.82) is 0 Å². The molecule has 0 aliphatic rings. The van der Waals surface area contributed by atoms with Crippen molar-refractivity contribution in [3.05, 3.63) is 48.6 Å². The van der Waals surface area contributed by atoms with Crippen LogP contribution >= 0.6 is 7.94 Å². The fourth-order valence-electron chi connectivity index (χ4n) is 5.85. The van der Waals surface area contributed by atoms with E-state index < -0.39 is 50.8 Å². The van der Waals surface area contributed by atoms with E-state index in [1.807, 2.05) is 12.2 Å². The molecular weight excluding hydrogens is 719 g/mol. The number of aliphatic hydroxyl groups is 1. The normalized spacial score (nSPS) is 13.4. The monoisotopic (exact) mass is 798 g/mol. The number of carbonyl (C=O) groups excluding carboxylic acids is 3. The van der Waals surface area contributed by atoms with E-state index >= 15 is 0 Å². The lowest BCUT2D eigenvalue weighted by molar-refractivity contribution is -0.164. The highest BCUT2D eigenvalue weighted by molar-refractivity contribution is 7.60. The van der Waals surface area contributed by atoms with Crippen LogP contribution < -0.4 is 0 Å². The molecule has 0 bridgehead atoms. The van der Waals surface area contributed by atoms with Crippen LogP contribution in [0.25, 0.3) is 0 Å². The standard InChI is InChI=1S/C44H78O10P/c1-3-5-7-9-11-13-15-17-19-20-22-24-26-28-30-32-34-36-43(48)54-40(39-53-44(41(46)37-45)55(49,50)51)38-52-42(47)35-33-31-29-27-25-23-21-18-16-14-12-10-8-6-4-2/h11,13,17,19,22,24,28,30,40,44-45,49-51H,3-10,12,14-16,18,20-21,23,25-27,29,31-39H2,1-2H3/q+1/t40-,44?/m1/s1. The number of rotatable bonds is 39. The van der Waals surface area contributed by atoms with Gasteiger partial charge in [-0.2, -0.15) is 14.7 Å². The van der Waals surface area contributed by atoms with Crippen LogP contribution in [0.2, 0.25) is 0 Å². The van der Waals surface area contributed by atoms with Crippen molar-refractivity contribution in [2.75, 3.05) is 19.8 Å². The average molecular weight is 798 g/mol.